The Morgan fingerprint density at radius 3 is 2.08 bits per heavy atom. The highest BCUT2D eigenvalue weighted by atomic mass is 32.2. The molecule has 1 atom stereocenters. The number of aryl methyl sites for hydroxylation is 2. The Labute approximate surface area is 147 Å². The number of nitrogens with one attached hydrogen (secondary N) is 2. The minimum absolute atomic E-state index is 0.0247. The van der Waals surface area contributed by atoms with E-state index in [0.29, 0.717) is 0 Å². The van der Waals surface area contributed by atoms with Crippen molar-refractivity contribution < 1.29 is 9.59 Å². The van der Waals surface area contributed by atoms with Crippen LogP contribution in [0.1, 0.15) is 25.0 Å². The lowest BCUT2D eigenvalue weighted by Crippen LogP contribution is -2.23. The normalized spacial score (nSPS) is 11.7. The molecule has 2 aromatic rings. The van der Waals surface area contributed by atoms with Crippen LogP contribution in [-0.4, -0.2) is 17.1 Å². The van der Waals surface area contributed by atoms with Crippen LogP contribution in [0.25, 0.3) is 0 Å². The molecule has 0 saturated heterocycles. The first kappa shape index (κ1) is 18.1. The zero-order chi connectivity index (χ0) is 17.7. The molecule has 2 N–H and O–H groups in total. The largest absolute Gasteiger partial charge is 0.326 e. The molecule has 2 amide bonds. The third kappa shape index (κ3) is 4.86. The fraction of sp³-hybridized carbons (Fsp3) is 0.263. The number of hydrogen-bond acceptors (Lipinski definition) is 3. The Morgan fingerprint density at radius 2 is 1.54 bits per heavy atom. The van der Waals surface area contributed by atoms with Gasteiger partial charge in [0.05, 0.1) is 5.25 Å². The van der Waals surface area contributed by atoms with Gasteiger partial charge in [-0.15, -0.1) is 11.8 Å². The molecular weight excluding hydrogens is 320 g/mol. The number of para-hydroxylation sites is 1. The summed E-state index contributed by atoms with van der Waals surface area (Å²) in [6.45, 7) is 7.33. The standard InChI is InChI=1S/C19H22N2O2S/c1-12-6-5-7-13(2)18(12)21-19(23)14(3)24-17-10-8-16(9-11-17)20-15(4)22/h5-11,14H,1-4H3,(H,20,22)(H,21,23). The molecule has 4 nitrogen and oxygen atoms in total. The van der Waals surface area contributed by atoms with Crippen LogP contribution in [0.3, 0.4) is 0 Å². The monoisotopic (exact) mass is 342 g/mol. The summed E-state index contributed by atoms with van der Waals surface area (Å²) in [5.74, 6) is -0.125. The highest BCUT2D eigenvalue weighted by Crippen LogP contribution is 2.27. The van der Waals surface area contributed by atoms with Crippen molar-refractivity contribution in [3.8, 4) is 0 Å². The van der Waals surface area contributed by atoms with Gasteiger partial charge < -0.3 is 10.6 Å². The van der Waals surface area contributed by atoms with E-state index in [2.05, 4.69) is 10.6 Å². The molecule has 1 unspecified atom stereocenters. The lowest BCUT2D eigenvalue weighted by Gasteiger charge is -2.15. The van der Waals surface area contributed by atoms with Crippen molar-refractivity contribution in [1.82, 2.24) is 0 Å². The van der Waals surface area contributed by atoms with Gasteiger partial charge in [-0.3, -0.25) is 9.59 Å². The van der Waals surface area contributed by atoms with E-state index in [0.717, 1.165) is 27.4 Å². The smallest absolute Gasteiger partial charge is 0.237 e. The van der Waals surface area contributed by atoms with Gasteiger partial charge in [0, 0.05) is 23.2 Å². The molecule has 126 valence electrons. The minimum atomic E-state index is -0.226. The van der Waals surface area contributed by atoms with Gasteiger partial charge in [-0.2, -0.15) is 0 Å². The summed E-state index contributed by atoms with van der Waals surface area (Å²) in [6.07, 6.45) is 0. The Morgan fingerprint density at radius 1 is 0.958 bits per heavy atom. The topological polar surface area (TPSA) is 58.2 Å². The quantitative estimate of drug-likeness (QED) is 0.793. The van der Waals surface area contributed by atoms with Crippen LogP contribution < -0.4 is 10.6 Å². The van der Waals surface area contributed by atoms with Gasteiger partial charge in [-0.1, -0.05) is 18.2 Å². The van der Waals surface area contributed by atoms with Gasteiger partial charge in [-0.05, 0) is 56.2 Å². The molecule has 0 spiro atoms. The maximum Gasteiger partial charge on any atom is 0.237 e. The number of hydrogen-bond donors (Lipinski definition) is 2. The van der Waals surface area contributed by atoms with Crippen molar-refractivity contribution in [2.75, 3.05) is 10.6 Å². The number of carbonyl (C=O) groups is 2. The Bertz CT molecular complexity index is 721. The molecular formula is C19H22N2O2S. The van der Waals surface area contributed by atoms with E-state index in [1.807, 2.05) is 63.2 Å². The molecule has 5 heteroatoms. The van der Waals surface area contributed by atoms with Crippen LogP contribution in [0.15, 0.2) is 47.4 Å². The molecule has 0 aliphatic heterocycles. The van der Waals surface area contributed by atoms with Gasteiger partial charge in [0.15, 0.2) is 0 Å². The van der Waals surface area contributed by atoms with Crippen molar-refractivity contribution in [3.05, 3.63) is 53.6 Å². The van der Waals surface area contributed by atoms with Crippen molar-refractivity contribution in [2.24, 2.45) is 0 Å². The maximum atomic E-state index is 12.4. The molecule has 2 rings (SSSR count). The number of thioether (sulfide) groups is 1. The van der Waals surface area contributed by atoms with Crippen LogP contribution in [0.4, 0.5) is 11.4 Å². The third-order valence-corrected chi connectivity index (χ3v) is 4.70. The van der Waals surface area contributed by atoms with E-state index in [1.165, 1.54) is 18.7 Å². The first-order valence-corrected chi connectivity index (χ1v) is 8.66. The highest BCUT2D eigenvalue weighted by Gasteiger charge is 2.16. The molecule has 0 bridgehead atoms. The van der Waals surface area contributed by atoms with Gasteiger partial charge in [-0.25, -0.2) is 0 Å². The van der Waals surface area contributed by atoms with E-state index in [9.17, 15) is 9.59 Å². The summed E-state index contributed by atoms with van der Waals surface area (Å²) in [7, 11) is 0. The second kappa shape index (κ2) is 8.02. The minimum Gasteiger partial charge on any atom is -0.326 e. The number of anilines is 2. The van der Waals surface area contributed by atoms with Crippen molar-refractivity contribution in [3.63, 3.8) is 0 Å². The molecule has 0 radical (unpaired) electrons. The molecule has 2 aromatic carbocycles. The number of benzene rings is 2. The summed E-state index contributed by atoms with van der Waals surface area (Å²) in [5, 5.41) is 5.52. The van der Waals surface area contributed by atoms with Crippen molar-refractivity contribution in [2.45, 2.75) is 37.8 Å². The first-order chi connectivity index (χ1) is 11.4. The van der Waals surface area contributed by atoms with Crippen LogP contribution in [0, 0.1) is 13.8 Å². The SMILES string of the molecule is CC(=O)Nc1ccc(SC(C)C(=O)Nc2c(C)cccc2C)cc1. The van der Waals surface area contributed by atoms with E-state index < -0.39 is 0 Å². The van der Waals surface area contributed by atoms with Crippen LogP contribution in [0.2, 0.25) is 0 Å². The number of amides is 2. The molecule has 0 aromatic heterocycles. The number of rotatable bonds is 5. The Balaban J connectivity index is 2.00. The fourth-order valence-electron chi connectivity index (χ4n) is 2.31. The molecule has 24 heavy (non-hydrogen) atoms. The van der Waals surface area contributed by atoms with Crippen molar-refractivity contribution in [1.29, 1.82) is 0 Å². The second-order valence-electron chi connectivity index (χ2n) is 5.72. The van der Waals surface area contributed by atoms with Crippen LogP contribution >= 0.6 is 11.8 Å². The predicted octanol–water partition coefficient (Wildman–Crippen LogP) is 4.38. The van der Waals surface area contributed by atoms with Gasteiger partial charge >= 0.3 is 0 Å². The second-order valence-corrected chi connectivity index (χ2v) is 7.14. The van der Waals surface area contributed by atoms with Gasteiger partial charge in [0.1, 0.15) is 0 Å². The highest BCUT2D eigenvalue weighted by molar-refractivity contribution is 8.00. The van der Waals surface area contributed by atoms with Gasteiger partial charge in [0.25, 0.3) is 0 Å². The lowest BCUT2D eigenvalue weighted by molar-refractivity contribution is -0.115. The van der Waals surface area contributed by atoms with E-state index in [1.54, 1.807) is 0 Å². The summed E-state index contributed by atoms with van der Waals surface area (Å²) >= 11 is 1.49. The predicted molar refractivity (Wildman–Crippen MR) is 101 cm³/mol. The average Bonchev–Trinajstić information content (AvgIpc) is 2.52. The van der Waals surface area contributed by atoms with Crippen LogP contribution in [-0.2, 0) is 9.59 Å². The molecule has 0 aliphatic carbocycles. The lowest BCUT2D eigenvalue weighted by atomic mass is 10.1. The van der Waals surface area contributed by atoms with E-state index in [-0.39, 0.29) is 17.1 Å². The summed E-state index contributed by atoms with van der Waals surface area (Å²) in [4.78, 5) is 24.4. The van der Waals surface area contributed by atoms with E-state index in [4.69, 9.17) is 0 Å². The van der Waals surface area contributed by atoms with Gasteiger partial charge in [0.2, 0.25) is 11.8 Å². The molecule has 0 fully saturated rings. The maximum absolute atomic E-state index is 12.4. The molecule has 0 heterocycles. The summed E-state index contributed by atoms with van der Waals surface area (Å²) in [5.41, 5.74) is 3.75. The molecule has 0 saturated carbocycles. The number of carbonyl (C=O) groups excluding carboxylic acids is 2. The third-order valence-electron chi connectivity index (χ3n) is 3.59. The summed E-state index contributed by atoms with van der Waals surface area (Å²) in [6, 6.07) is 13.4. The van der Waals surface area contributed by atoms with Crippen LogP contribution in [0.5, 0.6) is 0 Å². The summed E-state index contributed by atoms with van der Waals surface area (Å²) < 4.78 is 0. The average molecular weight is 342 g/mol. The van der Waals surface area contributed by atoms with Crippen molar-refractivity contribution >= 4 is 35.0 Å². The zero-order valence-corrected chi connectivity index (χ0v) is 15.2. The zero-order valence-electron chi connectivity index (χ0n) is 14.3. The first-order valence-electron chi connectivity index (χ1n) is 7.78. The Kier molecular flexibility index (Phi) is 6.04. The molecule has 0 aliphatic rings. The Hall–Kier alpha value is -2.27. The van der Waals surface area contributed by atoms with E-state index >= 15 is 0 Å². The fourth-order valence-corrected chi connectivity index (χ4v) is 3.18.